The van der Waals surface area contributed by atoms with E-state index in [2.05, 4.69) is 4.90 Å². The van der Waals surface area contributed by atoms with E-state index in [-0.39, 0.29) is 18.6 Å². The largest absolute Gasteiger partial charge is 0.481 e. The average Bonchev–Trinajstić information content (AvgIpc) is 2.74. The van der Waals surface area contributed by atoms with Crippen molar-refractivity contribution in [3.8, 4) is 0 Å². The van der Waals surface area contributed by atoms with Crippen molar-refractivity contribution in [2.45, 2.75) is 25.8 Å². The molecule has 1 aliphatic heterocycles. The quantitative estimate of drug-likeness (QED) is 0.803. The zero-order chi connectivity index (χ0) is 14.6. The molecule has 1 N–H and O–H groups in total. The molecule has 0 aromatic heterocycles. The van der Waals surface area contributed by atoms with Crippen molar-refractivity contribution in [3.63, 3.8) is 0 Å². The van der Waals surface area contributed by atoms with Crippen LogP contribution in [0.3, 0.4) is 0 Å². The van der Waals surface area contributed by atoms with Crippen LogP contribution in [0.4, 0.5) is 4.79 Å². The summed E-state index contributed by atoms with van der Waals surface area (Å²) in [5.41, 5.74) is 0. The summed E-state index contributed by atoms with van der Waals surface area (Å²) in [6.45, 7) is 3.49. The Morgan fingerprint density at radius 3 is 2.53 bits per heavy atom. The van der Waals surface area contributed by atoms with Crippen molar-refractivity contribution in [3.05, 3.63) is 0 Å². The van der Waals surface area contributed by atoms with E-state index in [1.165, 1.54) is 4.90 Å². The minimum atomic E-state index is -0.870. The number of hydrogen-bond donors (Lipinski definition) is 1. The van der Waals surface area contributed by atoms with Gasteiger partial charge < -0.3 is 19.8 Å². The number of carboxylic acids is 1. The van der Waals surface area contributed by atoms with Crippen LogP contribution in [-0.2, 0) is 4.79 Å². The highest BCUT2D eigenvalue weighted by atomic mass is 16.4. The topological polar surface area (TPSA) is 64.1 Å². The number of urea groups is 1. The zero-order valence-corrected chi connectivity index (χ0v) is 12.3. The maximum absolute atomic E-state index is 12.3. The molecule has 2 amide bonds. The van der Waals surface area contributed by atoms with Crippen molar-refractivity contribution in [1.82, 2.24) is 14.7 Å². The zero-order valence-electron chi connectivity index (χ0n) is 12.3. The van der Waals surface area contributed by atoms with E-state index in [1.54, 1.807) is 14.0 Å². The lowest BCUT2D eigenvalue weighted by molar-refractivity contribution is -0.141. The van der Waals surface area contributed by atoms with E-state index in [4.69, 9.17) is 5.11 Å². The number of rotatable bonds is 5. The second kappa shape index (κ2) is 6.75. The lowest BCUT2D eigenvalue weighted by Gasteiger charge is -2.31. The number of carboxylic acid groups (broad SMARTS) is 1. The molecule has 0 spiro atoms. The van der Waals surface area contributed by atoms with E-state index in [0.717, 1.165) is 25.9 Å². The predicted octanol–water partition coefficient (Wildman–Crippen LogP) is 0.785. The molecule has 6 heteroatoms. The van der Waals surface area contributed by atoms with Gasteiger partial charge in [-0.2, -0.15) is 0 Å². The Kier molecular flexibility index (Phi) is 5.60. The fraction of sp³-hybridized carbons (Fsp3) is 0.846. The first kappa shape index (κ1) is 15.8. The molecular formula is C13H25N3O3. The van der Waals surface area contributed by atoms with Gasteiger partial charge in [-0.25, -0.2) is 4.79 Å². The van der Waals surface area contributed by atoms with Gasteiger partial charge in [0.2, 0.25) is 0 Å². The van der Waals surface area contributed by atoms with Crippen LogP contribution in [0.25, 0.3) is 0 Å². The van der Waals surface area contributed by atoms with Gasteiger partial charge in [-0.1, -0.05) is 6.92 Å². The molecule has 19 heavy (non-hydrogen) atoms. The van der Waals surface area contributed by atoms with Crippen molar-refractivity contribution < 1.29 is 14.7 Å². The minimum Gasteiger partial charge on any atom is -0.481 e. The third-order valence-electron chi connectivity index (χ3n) is 3.49. The molecule has 2 atom stereocenters. The summed E-state index contributed by atoms with van der Waals surface area (Å²) < 4.78 is 0. The van der Waals surface area contributed by atoms with Crippen LogP contribution in [0.1, 0.15) is 19.8 Å². The van der Waals surface area contributed by atoms with Gasteiger partial charge in [0, 0.05) is 32.7 Å². The molecule has 1 aliphatic rings. The third-order valence-corrected chi connectivity index (χ3v) is 3.49. The highest BCUT2D eigenvalue weighted by Gasteiger charge is 2.31. The van der Waals surface area contributed by atoms with Crippen molar-refractivity contribution >= 4 is 12.0 Å². The fourth-order valence-electron chi connectivity index (χ4n) is 2.49. The van der Waals surface area contributed by atoms with Crippen LogP contribution < -0.4 is 0 Å². The lowest BCUT2D eigenvalue weighted by atomic mass is 10.2. The molecule has 0 saturated carbocycles. The van der Waals surface area contributed by atoms with Crippen LogP contribution in [-0.4, -0.2) is 78.6 Å². The number of nitrogens with zero attached hydrogens (tertiary/aromatic N) is 3. The lowest BCUT2D eigenvalue weighted by Crippen LogP contribution is -2.48. The highest BCUT2D eigenvalue weighted by molar-refractivity contribution is 5.76. The van der Waals surface area contributed by atoms with Crippen molar-refractivity contribution in [1.29, 1.82) is 0 Å². The van der Waals surface area contributed by atoms with Gasteiger partial charge in [0.15, 0.2) is 0 Å². The van der Waals surface area contributed by atoms with Gasteiger partial charge in [0.1, 0.15) is 0 Å². The summed E-state index contributed by atoms with van der Waals surface area (Å²) in [5.74, 6) is -1.41. The number of aliphatic carboxylic acids is 1. The Morgan fingerprint density at radius 1 is 1.37 bits per heavy atom. The molecule has 1 rings (SSSR count). The van der Waals surface area contributed by atoms with Crippen LogP contribution in [0.2, 0.25) is 0 Å². The number of hydrogen-bond acceptors (Lipinski definition) is 3. The normalized spacial score (nSPS) is 20.7. The van der Waals surface area contributed by atoms with E-state index >= 15 is 0 Å². The number of carbonyl (C=O) groups excluding carboxylic acids is 1. The van der Waals surface area contributed by atoms with Crippen LogP contribution >= 0.6 is 0 Å². The fourth-order valence-corrected chi connectivity index (χ4v) is 2.49. The second-order valence-electron chi connectivity index (χ2n) is 5.65. The van der Waals surface area contributed by atoms with E-state index < -0.39 is 11.9 Å². The smallest absolute Gasteiger partial charge is 0.320 e. The number of carbonyl (C=O) groups is 2. The van der Waals surface area contributed by atoms with Gasteiger partial charge in [-0.15, -0.1) is 0 Å². The summed E-state index contributed by atoms with van der Waals surface area (Å²) in [5, 5.41) is 8.89. The predicted molar refractivity (Wildman–Crippen MR) is 73.1 cm³/mol. The third kappa shape index (κ3) is 4.38. The van der Waals surface area contributed by atoms with E-state index in [0.29, 0.717) is 0 Å². The molecule has 1 fully saturated rings. The van der Waals surface area contributed by atoms with Gasteiger partial charge in [0.25, 0.3) is 0 Å². The van der Waals surface area contributed by atoms with Gasteiger partial charge in [-0.05, 0) is 26.9 Å². The minimum absolute atomic E-state index is 0.0579. The summed E-state index contributed by atoms with van der Waals surface area (Å²) in [4.78, 5) is 28.6. The summed E-state index contributed by atoms with van der Waals surface area (Å²) >= 11 is 0. The van der Waals surface area contributed by atoms with Crippen LogP contribution in [0, 0.1) is 5.92 Å². The summed E-state index contributed by atoms with van der Waals surface area (Å²) in [7, 11) is 5.67. The van der Waals surface area contributed by atoms with Gasteiger partial charge in [-0.3, -0.25) is 4.79 Å². The molecule has 1 heterocycles. The maximum Gasteiger partial charge on any atom is 0.320 e. The van der Waals surface area contributed by atoms with E-state index in [1.807, 2.05) is 19.0 Å². The second-order valence-corrected chi connectivity index (χ2v) is 5.65. The average molecular weight is 271 g/mol. The first-order valence-electron chi connectivity index (χ1n) is 6.72. The molecule has 2 unspecified atom stereocenters. The number of amides is 2. The van der Waals surface area contributed by atoms with Crippen molar-refractivity contribution in [2.24, 2.45) is 5.92 Å². The standard InChI is InChI=1S/C13H25N3O3/c1-10(12(17)18)8-15(4)13(19)16-7-5-6-11(16)9-14(2)3/h10-11H,5-9H2,1-4H3,(H,17,18). The summed E-state index contributed by atoms with van der Waals surface area (Å²) in [6.07, 6.45) is 2.04. The Labute approximate surface area is 115 Å². The molecular weight excluding hydrogens is 246 g/mol. The maximum atomic E-state index is 12.3. The molecule has 0 radical (unpaired) electrons. The molecule has 0 aliphatic carbocycles. The number of likely N-dealkylation sites (N-methyl/N-ethyl adjacent to an activating group) is 1. The van der Waals surface area contributed by atoms with Gasteiger partial charge in [0.05, 0.1) is 5.92 Å². The first-order valence-corrected chi connectivity index (χ1v) is 6.72. The van der Waals surface area contributed by atoms with Crippen LogP contribution in [0.5, 0.6) is 0 Å². The van der Waals surface area contributed by atoms with Crippen LogP contribution in [0.15, 0.2) is 0 Å². The van der Waals surface area contributed by atoms with Gasteiger partial charge >= 0.3 is 12.0 Å². The monoisotopic (exact) mass is 271 g/mol. The molecule has 1 saturated heterocycles. The molecule has 110 valence electrons. The molecule has 6 nitrogen and oxygen atoms in total. The first-order chi connectivity index (χ1) is 8.82. The Bertz CT molecular complexity index is 333. The summed E-state index contributed by atoms with van der Waals surface area (Å²) in [6, 6.07) is 0.183. The SMILES string of the molecule is CC(CN(C)C(=O)N1CCCC1CN(C)C)C(=O)O. The van der Waals surface area contributed by atoms with Crippen molar-refractivity contribution in [2.75, 3.05) is 40.8 Å². The highest BCUT2D eigenvalue weighted by Crippen LogP contribution is 2.19. The van der Waals surface area contributed by atoms with E-state index in [9.17, 15) is 9.59 Å². The molecule has 0 aromatic carbocycles. The number of likely N-dealkylation sites (tertiary alicyclic amines) is 1. The Morgan fingerprint density at radius 2 is 2.00 bits per heavy atom. The molecule has 0 bridgehead atoms. The molecule has 0 aromatic rings. The Balaban J connectivity index is 2.57. The Hall–Kier alpha value is -1.30.